The molecule has 4 rings (SSSR count). The van der Waals surface area contributed by atoms with E-state index in [-0.39, 0.29) is 17.9 Å². The van der Waals surface area contributed by atoms with Crippen molar-refractivity contribution >= 4 is 17.4 Å². The number of likely N-dealkylation sites (tertiary alicyclic amines) is 1. The minimum atomic E-state index is -0.818. The molecule has 0 spiro atoms. The van der Waals surface area contributed by atoms with E-state index in [1.54, 1.807) is 49.6 Å². The monoisotopic (exact) mass is 473 g/mol. The lowest BCUT2D eigenvalue weighted by molar-refractivity contribution is -0.140. The van der Waals surface area contributed by atoms with Crippen molar-refractivity contribution in [2.45, 2.75) is 19.5 Å². The van der Waals surface area contributed by atoms with Crippen molar-refractivity contribution in [2.24, 2.45) is 0 Å². The molecule has 1 amide bonds. The first kappa shape index (κ1) is 23.9. The molecule has 7 heteroatoms. The van der Waals surface area contributed by atoms with Gasteiger partial charge in [0.25, 0.3) is 11.7 Å². The lowest BCUT2D eigenvalue weighted by Gasteiger charge is -2.26. The number of Topliss-reactive ketones (excluding diaryl/α,β-unsaturated/α-hetero) is 1. The van der Waals surface area contributed by atoms with E-state index in [1.165, 1.54) is 12.0 Å². The molecule has 0 saturated carbocycles. The molecule has 1 saturated heterocycles. The van der Waals surface area contributed by atoms with Crippen molar-refractivity contribution in [1.82, 2.24) is 4.90 Å². The first-order chi connectivity index (χ1) is 17.0. The number of hydrogen-bond acceptors (Lipinski definition) is 6. The van der Waals surface area contributed by atoms with E-state index in [0.29, 0.717) is 35.0 Å². The topological polar surface area (TPSA) is 85.3 Å². The third-order valence-corrected chi connectivity index (χ3v) is 5.90. The molecule has 0 aliphatic carbocycles. The molecule has 0 bridgehead atoms. The summed E-state index contributed by atoms with van der Waals surface area (Å²) in [5.74, 6) is -0.0415. The van der Waals surface area contributed by atoms with Crippen molar-refractivity contribution in [3.63, 3.8) is 0 Å². The number of carbonyl (C=O) groups excluding carboxylic acids is 2. The lowest BCUT2D eigenvalue weighted by atomic mass is 9.94. The normalized spacial score (nSPS) is 16.9. The number of carbonyl (C=O) groups is 2. The van der Waals surface area contributed by atoms with Gasteiger partial charge in [-0.15, -0.1) is 0 Å². The van der Waals surface area contributed by atoms with Gasteiger partial charge in [-0.3, -0.25) is 9.59 Å². The second kappa shape index (κ2) is 10.3. The fourth-order valence-corrected chi connectivity index (χ4v) is 4.20. The summed E-state index contributed by atoms with van der Waals surface area (Å²) in [6.07, 6.45) is 0. The van der Waals surface area contributed by atoms with E-state index >= 15 is 0 Å². The summed E-state index contributed by atoms with van der Waals surface area (Å²) in [5, 5.41) is 11.2. The van der Waals surface area contributed by atoms with Gasteiger partial charge < -0.3 is 24.2 Å². The van der Waals surface area contributed by atoms with Crippen LogP contribution in [0.1, 0.15) is 29.7 Å². The highest BCUT2D eigenvalue weighted by molar-refractivity contribution is 6.46. The van der Waals surface area contributed by atoms with Gasteiger partial charge in [-0.25, -0.2) is 0 Å². The van der Waals surface area contributed by atoms with Gasteiger partial charge in [0.1, 0.15) is 11.5 Å². The van der Waals surface area contributed by atoms with Crippen LogP contribution in [0.5, 0.6) is 17.2 Å². The summed E-state index contributed by atoms with van der Waals surface area (Å²) in [4.78, 5) is 28.0. The number of aliphatic hydroxyl groups excluding tert-OH is 1. The number of rotatable bonds is 8. The van der Waals surface area contributed by atoms with Gasteiger partial charge in [0, 0.05) is 12.1 Å². The quantitative estimate of drug-likeness (QED) is 0.289. The molecule has 3 aromatic carbocycles. The SMILES string of the molecule is CCOc1ccc(C2C(=C(O)c3ccc(OC)cc3)C(=O)C(=O)N2Cc2ccccc2)cc1OC. The highest BCUT2D eigenvalue weighted by Gasteiger charge is 2.46. The molecule has 1 aliphatic rings. The van der Waals surface area contributed by atoms with Crippen LogP contribution in [0.3, 0.4) is 0 Å². The number of ether oxygens (including phenoxy) is 3. The Hall–Kier alpha value is -4.26. The van der Waals surface area contributed by atoms with Crippen LogP contribution in [0.4, 0.5) is 0 Å². The first-order valence-electron chi connectivity index (χ1n) is 11.3. The Bertz CT molecular complexity index is 1250. The van der Waals surface area contributed by atoms with Crippen LogP contribution < -0.4 is 14.2 Å². The molecule has 0 aromatic heterocycles. The Balaban J connectivity index is 1.86. The zero-order valence-corrected chi connectivity index (χ0v) is 19.9. The van der Waals surface area contributed by atoms with Gasteiger partial charge >= 0.3 is 0 Å². The number of ketones is 1. The summed E-state index contributed by atoms with van der Waals surface area (Å²) in [6, 6.07) is 20.5. The maximum Gasteiger partial charge on any atom is 0.295 e. The molecular formula is C28H27NO6. The van der Waals surface area contributed by atoms with E-state index in [9.17, 15) is 14.7 Å². The van der Waals surface area contributed by atoms with Gasteiger partial charge in [-0.2, -0.15) is 0 Å². The Kier molecular flexibility index (Phi) is 7.06. The molecule has 1 fully saturated rings. The third-order valence-electron chi connectivity index (χ3n) is 5.90. The van der Waals surface area contributed by atoms with Crippen molar-refractivity contribution in [1.29, 1.82) is 0 Å². The lowest BCUT2D eigenvalue weighted by Crippen LogP contribution is -2.29. The largest absolute Gasteiger partial charge is 0.507 e. The van der Waals surface area contributed by atoms with E-state index in [1.807, 2.05) is 37.3 Å². The standard InChI is InChI=1S/C28H27NO6/c1-4-35-22-15-12-20(16-23(22)34-3)25-24(26(30)19-10-13-21(33-2)14-11-19)27(31)28(32)29(25)17-18-8-6-5-7-9-18/h5-16,25,30H,4,17H2,1-3H3. The van der Waals surface area contributed by atoms with Crippen molar-refractivity contribution in [3.8, 4) is 17.2 Å². The average Bonchev–Trinajstić information content (AvgIpc) is 3.14. The number of nitrogens with zero attached hydrogens (tertiary/aromatic N) is 1. The molecular weight excluding hydrogens is 446 g/mol. The molecule has 1 unspecified atom stereocenters. The van der Waals surface area contributed by atoms with E-state index in [2.05, 4.69) is 0 Å². The summed E-state index contributed by atoms with van der Waals surface area (Å²) in [5.41, 5.74) is 1.91. The van der Waals surface area contributed by atoms with Gasteiger partial charge in [-0.1, -0.05) is 36.4 Å². The summed E-state index contributed by atoms with van der Waals surface area (Å²) in [7, 11) is 3.07. The number of aliphatic hydroxyl groups is 1. The molecule has 1 atom stereocenters. The van der Waals surface area contributed by atoms with Crippen LogP contribution >= 0.6 is 0 Å². The predicted octanol–water partition coefficient (Wildman–Crippen LogP) is 4.72. The maximum atomic E-state index is 13.3. The number of methoxy groups -OCH3 is 2. The van der Waals surface area contributed by atoms with Gasteiger partial charge in [0.05, 0.1) is 32.4 Å². The smallest absolute Gasteiger partial charge is 0.295 e. The third kappa shape index (κ3) is 4.71. The number of hydrogen-bond donors (Lipinski definition) is 1. The average molecular weight is 474 g/mol. The van der Waals surface area contributed by atoms with Crippen LogP contribution in [0.25, 0.3) is 5.76 Å². The molecule has 1 heterocycles. The van der Waals surface area contributed by atoms with Crippen molar-refractivity contribution in [2.75, 3.05) is 20.8 Å². The minimum Gasteiger partial charge on any atom is -0.507 e. The Morgan fingerprint density at radius 1 is 0.914 bits per heavy atom. The Morgan fingerprint density at radius 3 is 2.26 bits per heavy atom. The van der Waals surface area contributed by atoms with Gasteiger partial charge in [-0.05, 0) is 54.4 Å². The van der Waals surface area contributed by atoms with Gasteiger partial charge in [0.2, 0.25) is 0 Å². The summed E-state index contributed by atoms with van der Waals surface area (Å²) < 4.78 is 16.3. The number of amides is 1. The molecule has 180 valence electrons. The van der Waals surface area contributed by atoms with E-state index in [4.69, 9.17) is 14.2 Å². The highest BCUT2D eigenvalue weighted by atomic mass is 16.5. The highest BCUT2D eigenvalue weighted by Crippen LogP contribution is 2.42. The van der Waals surface area contributed by atoms with E-state index in [0.717, 1.165) is 5.56 Å². The zero-order valence-electron chi connectivity index (χ0n) is 19.9. The summed E-state index contributed by atoms with van der Waals surface area (Å²) in [6.45, 7) is 2.53. The molecule has 3 aromatic rings. The van der Waals surface area contributed by atoms with Crippen LogP contribution in [-0.2, 0) is 16.1 Å². The Morgan fingerprint density at radius 2 is 1.63 bits per heavy atom. The first-order valence-corrected chi connectivity index (χ1v) is 11.3. The molecule has 1 N–H and O–H groups in total. The molecule has 7 nitrogen and oxygen atoms in total. The van der Waals surface area contributed by atoms with E-state index < -0.39 is 17.7 Å². The zero-order chi connectivity index (χ0) is 24.9. The van der Waals surface area contributed by atoms with Crippen LogP contribution in [0.15, 0.2) is 78.4 Å². The molecule has 0 radical (unpaired) electrons. The van der Waals surface area contributed by atoms with Crippen LogP contribution in [0, 0.1) is 0 Å². The second-order valence-corrected chi connectivity index (χ2v) is 7.98. The maximum absolute atomic E-state index is 13.3. The minimum absolute atomic E-state index is 0.0160. The molecule has 1 aliphatic heterocycles. The number of benzene rings is 3. The van der Waals surface area contributed by atoms with Crippen LogP contribution in [0.2, 0.25) is 0 Å². The van der Waals surface area contributed by atoms with Crippen molar-refractivity contribution < 1.29 is 28.9 Å². The van der Waals surface area contributed by atoms with Crippen molar-refractivity contribution in [3.05, 3.63) is 95.1 Å². The molecule has 35 heavy (non-hydrogen) atoms. The second-order valence-electron chi connectivity index (χ2n) is 7.98. The fraction of sp³-hybridized carbons (Fsp3) is 0.214. The van der Waals surface area contributed by atoms with Gasteiger partial charge in [0.15, 0.2) is 11.5 Å². The fourth-order valence-electron chi connectivity index (χ4n) is 4.20. The Labute approximate surface area is 204 Å². The predicted molar refractivity (Wildman–Crippen MR) is 131 cm³/mol. The summed E-state index contributed by atoms with van der Waals surface area (Å²) >= 11 is 0. The van der Waals surface area contributed by atoms with Crippen LogP contribution in [-0.4, -0.2) is 42.5 Å².